The number of carbonyl (C=O) groups excluding carboxylic acids is 3. The predicted molar refractivity (Wildman–Crippen MR) is 74.5 cm³/mol. The molecule has 3 rings (SSSR count). The molecule has 0 unspecified atom stereocenters. The van der Waals surface area contributed by atoms with Gasteiger partial charge in [-0.25, -0.2) is 9.59 Å². The van der Waals surface area contributed by atoms with E-state index in [0.29, 0.717) is 31.3 Å². The summed E-state index contributed by atoms with van der Waals surface area (Å²) >= 11 is 0. The molecule has 0 N–H and O–H groups in total. The Balaban J connectivity index is 2.29. The lowest BCUT2D eigenvalue weighted by Crippen LogP contribution is -2.38. The van der Waals surface area contributed by atoms with Gasteiger partial charge in [0.15, 0.2) is 0 Å². The van der Waals surface area contributed by atoms with Gasteiger partial charge in [-0.1, -0.05) is 0 Å². The SMILES string of the molecule is COC(=O)C1=C(C(=O)OC)[C@@]23CCC(=O)[C@H]2CCC1=COC3. The third kappa shape index (κ3) is 1.90. The standard InChI is InChI=1S/C16H18O6/c1-20-14(18)12-9-3-4-10-11(17)5-6-16(10,8-22-7-9)13(12)15(19)21-2/h7,10H,3-6,8H2,1-2H3/t10-,16-/m1/s1. The largest absolute Gasteiger partial charge is 0.500 e. The van der Waals surface area contributed by atoms with E-state index in [2.05, 4.69) is 0 Å². The molecule has 0 aromatic carbocycles. The van der Waals surface area contributed by atoms with Crippen LogP contribution in [0.25, 0.3) is 0 Å². The average molecular weight is 306 g/mol. The average Bonchev–Trinajstić information content (AvgIpc) is 2.67. The quantitative estimate of drug-likeness (QED) is 0.716. The van der Waals surface area contributed by atoms with Crippen molar-refractivity contribution in [1.29, 1.82) is 0 Å². The van der Waals surface area contributed by atoms with Gasteiger partial charge in [-0.2, -0.15) is 0 Å². The van der Waals surface area contributed by atoms with Gasteiger partial charge in [0.2, 0.25) is 0 Å². The lowest BCUT2D eigenvalue weighted by Gasteiger charge is -2.34. The van der Waals surface area contributed by atoms with Crippen molar-refractivity contribution >= 4 is 17.7 Å². The highest BCUT2D eigenvalue weighted by Crippen LogP contribution is 2.55. The molecule has 0 radical (unpaired) electrons. The summed E-state index contributed by atoms with van der Waals surface area (Å²) in [6, 6.07) is 0. The molecule has 22 heavy (non-hydrogen) atoms. The van der Waals surface area contributed by atoms with E-state index < -0.39 is 17.4 Å². The molecular weight excluding hydrogens is 288 g/mol. The Kier molecular flexibility index (Phi) is 3.54. The molecular formula is C16H18O6. The summed E-state index contributed by atoms with van der Waals surface area (Å²) in [5, 5.41) is 0. The minimum absolute atomic E-state index is 0.123. The normalized spacial score (nSPS) is 30.0. The van der Waals surface area contributed by atoms with Crippen molar-refractivity contribution in [2.45, 2.75) is 25.7 Å². The Hall–Kier alpha value is -2.11. The number of ketones is 1. The van der Waals surface area contributed by atoms with Crippen LogP contribution >= 0.6 is 0 Å². The van der Waals surface area contributed by atoms with Crippen LogP contribution in [0.1, 0.15) is 25.7 Å². The number of fused-ring (bicyclic) bond motifs is 1. The van der Waals surface area contributed by atoms with Gasteiger partial charge in [-0.05, 0) is 19.3 Å². The number of hydrogen-bond donors (Lipinski definition) is 0. The van der Waals surface area contributed by atoms with E-state index in [1.54, 1.807) is 0 Å². The van der Waals surface area contributed by atoms with E-state index in [1.807, 2.05) is 0 Å². The zero-order valence-electron chi connectivity index (χ0n) is 12.6. The van der Waals surface area contributed by atoms with Crippen LogP contribution in [0, 0.1) is 11.3 Å². The second kappa shape index (κ2) is 5.26. The second-order valence-corrected chi connectivity index (χ2v) is 5.90. The molecule has 6 heteroatoms. The Morgan fingerprint density at radius 1 is 1.23 bits per heavy atom. The maximum Gasteiger partial charge on any atom is 0.338 e. The maximum absolute atomic E-state index is 12.5. The number of Topliss-reactive ketones (excluding diaryl/α,β-unsaturated/α-hetero) is 1. The highest BCUT2D eigenvalue weighted by Gasteiger charge is 2.57. The van der Waals surface area contributed by atoms with Crippen molar-refractivity contribution in [3.8, 4) is 0 Å². The van der Waals surface area contributed by atoms with Gasteiger partial charge in [0, 0.05) is 23.3 Å². The van der Waals surface area contributed by atoms with Crippen LogP contribution < -0.4 is 0 Å². The summed E-state index contributed by atoms with van der Waals surface area (Å²) in [4.78, 5) is 37.0. The third-order valence-electron chi connectivity index (χ3n) is 4.99. The fraction of sp³-hybridized carbons (Fsp3) is 0.562. The molecule has 6 nitrogen and oxygen atoms in total. The Labute approximate surface area is 128 Å². The van der Waals surface area contributed by atoms with Crippen LogP contribution in [-0.2, 0) is 28.6 Å². The smallest absolute Gasteiger partial charge is 0.338 e. The van der Waals surface area contributed by atoms with E-state index >= 15 is 0 Å². The van der Waals surface area contributed by atoms with Crippen LogP contribution in [0.3, 0.4) is 0 Å². The molecule has 2 atom stereocenters. The Morgan fingerprint density at radius 2 is 1.95 bits per heavy atom. The van der Waals surface area contributed by atoms with Gasteiger partial charge < -0.3 is 14.2 Å². The number of rotatable bonds is 2. The molecule has 2 aliphatic carbocycles. The van der Waals surface area contributed by atoms with Gasteiger partial charge in [0.25, 0.3) is 0 Å². The Morgan fingerprint density at radius 3 is 2.64 bits per heavy atom. The number of hydrogen-bond acceptors (Lipinski definition) is 6. The molecule has 1 heterocycles. The van der Waals surface area contributed by atoms with E-state index in [-0.39, 0.29) is 29.5 Å². The zero-order valence-corrected chi connectivity index (χ0v) is 12.6. The first-order valence-electron chi connectivity index (χ1n) is 7.30. The van der Waals surface area contributed by atoms with Crippen LogP contribution in [0.2, 0.25) is 0 Å². The summed E-state index contributed by atoms with van der Waals surface area (Å²) in [7, 11) is 2.55. The first kappa shape index (κ1) is 14.8. The van der Waals surface area contributed by atoms with E-state index in [1.165, 1.54) is 20.5 Å². The predicted octanol–water partition coefficient (Wildman–Crippen LogP) is 1.30. The molecule has 0 amide bonds. The molecule has 0 saturated heterocycles. The molecule has 118 valence electrons. The van der Waals surface area contributed by atoms with Crippen LogP contribution in [0.5, 0.6) is 0 Å². The van der Waals surface area contributed by atoms with Gasteiger partial charge in [-0.15, -0.1) is 0 Å². The highest BCUT2D eigenvalue weighted by molar-refractivity contribution is 6.06. The van der Waals surface area contributed by atoms with E-state index in [4.69, 9.17) is 14.2 Å². The summed E-state index contributed by atoms with van der Waals surface area (Å²) in [6.07, 6.45) is 3.50. The van der Waals surface area contributed by atoms with Crippen LogP contribution in [0.4, 0.5) is 0 Å². The monoisotopic (exact) mass is 306 g/mol. The third-order valence-corrected chi connectivity index (χ3v) is 4.99. The topological polar surface area (TPSA) is 78.9 Å². The summed E-state index contributed by atoms with van der Waals surface area (Å²) < 4.78 is 15.4. The minimum atomic E-state index is -0.789. The molecule has 2 bridgehead atoms. The number of carbonyl (C=O) groups is 3. The summed E-state index contributed by atoms with van der Waals surface area (Å²) in [5.41, 5.74) is 0.275. The molecule has 0 aromatic rings. The maximum atomic E-state index is 12.5. The van der Waals surface area contributed by atoms with Crippen LogP contribution in [0.15, 0.2) is 23.0 Å². The fourth-order valence-electron chi connectivity index (χ4n) is 3.97. The van der Waals surface area contributed by atoms with E-state index in [0.717, 1.165) is 0 Å². The second-order valence-electron chi connectivity index (χ2n) is 5.90. The lowest BCUT2D eigenvalue weighted by molar-refractivity contribution is -0.141. The Bertz CT molecular complexity index is 614. The van der Waals surface area contributed by atoms with Gasteiger partial charge in [0.1, 0.15) is 5.78 Å². The number of methoxy groups -OCH3 is 2. The van der Waals surface area contributed by atoms with E-state index in [9.17, 15) is 14.4 Å². The van der Waals surface area contributed by atoms with Gasteiger partial charge in [0.05, 0.1) is 38.2 Å². The molecule has 1 fully saturated rings. The molecule has 0 aromatic heterocycles. The molecule has 1 aliphatic heterocycles. The fourth-order valence-corrected chi connectivity index (χ4v) is 3.97. The zero-order chi connectivity index (χ0) is 15.9. The van der Waals surface area contributed by atoms with Gasteiger partial charge in [-0.3, -0.25) is 4.79 Å². The van der Waals surface area contributed by atoms with Crippen molar-refractivity contribution in [3.63, 3.8) is 0 Å². The van der Waals surface area contributed by atoms with Crippen LogP contribution in [-0.4, -0.2) is 38.5 Å². The molecule has 1 saturated carbocycles. The van der Waals surface area contributed by atoms with Crippen molar-refractivity contribution < 1.29 is 28.6 Å². The number of ether oxygens (including phenoxy) is 3. The highest BCUT2D eigenvalue weighted by atomic mass is 16.5. The summed E-state index contributed by atoms with van der Waals surface area (Å²) in [5.74, 6) is -1.36. The van der Waals surface area contributed by atoms with Crippen molar-refractivity contribution in [3.05, 3.63) is 23.0 Å². The molecule has 1 spiro atoms. The van der Waals surface area contributed by atoms with Crippen molar-refractivity contribution in [2.24, 2.45) is 11.3 Å². The van der Waals surface area contributed by atoms with Gasteiger partial charge >= 0.3 is 11.9 Å². The minimum Gasteiger partial charge on any atom is -0.500 e. The number of esters is 2. The first-order valence-corrected chi connectivity index (χ1v) is 7.30. The van der Waals surface area contributed by atoms with Crippen molar-refractivity contribution in [1.82, 2.24) is 0 Å². The van der Waals surface area contributed by atoms with Crippen molar-refractivity contribution in [2.75, 3.05) is 20.8 Å². The first-order chi connectivity index (χ1) is 10.5. The lowest BCUT2D eigenvalue weighted by atomic mass is 9.70. The summed E-state index contributed by atoms with van der Waals surface area (Å²) in [6.45, 7) is 0.206. The molecule has 3 aliphatic rings.